The van der Waals surface area contributed by atoms with Crippen LogP contribution < -0.4 is 19.5 Å². The van der Waals surface area contributed by atoms with Gasteiger partial charge >= 0.3 is 6.61 Å². The monoisotopic (exact) mass is 515 g/mol. The van der Waals surface area contributed by atoms with E-state index in [0.29, 0.717) is 27.9 Å². The highest BCUT2D eigenvalue weighted by atomic mass is 19.3. The van der Waals surface area contributed by atoms with Crippen LogP contribution in [0.1, 0.15) is 16.8 Å². The minimum atomic E-state index is -3.21. The minimum absolute atomic E-state index is 0.0120. The van der Waals surface area contributed by atoms with Crippen LogP contribution in [0.25, 0.3) is 33.3 Å². The molecule has 0 unspecified atom stereocenters. The van der Waals surface area contributed by atoms with Crippen molar-refractivity contribution < 1.29 is 32.2 Å². The normalized spacial score (nSPS) is 16.8. The largest absolute Gasteiger partial charge is 0.496 e. The van der Waals surface area contributed by atoms with E-state index in [1.807, 2.05) is 25.4 Å². The molecule has 1 saturated carbocycles. The molecule has 0 bridgehead atoms. The second-order valence-electron chi connectivity index (χ2n) is 8.71. The number of nitrogens with one attached hydrogen (secondary N) is 1. The molecule has 5 rings (SSSR count). The van der Waals surface area contributed by atoms with Gasteiger partial charge in [-0.15, -0.1) is 0 Å². The van der Waals surface area contributed by atoms with E-state index in [0.717, 1.165) is 11.1 Å². The number of alkyl halides is 3. The summed E-state index contributed by atoms with van der Waals surface area (Å²) in [6, 6.07) is 5.88. The maximum Gasteiger partial charge on any atom is 0.387 e. The van der Waals surface area contributed by atoms with E-state index < -0.39 is 30.5 Å². The fraction of sp³-hybridized carbons (Fsp3) is 0.320. The second kappa shape index (κ2) is 9.34. The molecule has 37 heavy (non-hydrogen) atoms. The molecule has 2 aromatic carbocycles. The van der Waals surface area contributed by atoms with Gasteiger partial charge in [-0.2, -0.15) is 19.0 Å². The summed E-state index contributed by atoms with van der Waals surface area (Å²) in [4.78, 5) is 12.8. The van der Waals surface area contributed by atoms with E-state index in [1.54, 1.807) is 22.6 Å². The van der Waals surface area contributed by atoms with Crippen molar-refractivity contribution in [3.05, 3.63) is 42.2 Å². The van der Waals surface area contributed by atoms with Crippen molar-refractivity contribution in [1.29, 1.82) is 0 Å². The van der Waals surface area contributed by atoms with Crippen molar-refractivity contribution >= 4 is 16.8 Å². The van der Waals surface area contributed by atoms with Gasteiger partial charge in [-0.3, -0.25) is 14.2 Å². The van der Waals surface area contributed by atoms with Crippen LogP contribution in [0.3, 0.4) is 0 Å². The van der Waals surface area contributed by atoms with E-state index in [2.05, 4.69) is 15.5 Å². The number of benzene rings is 2. The van der Waals surface area contributed by atoms with Crippen molar-refractivity contribution in [2.75, 3.05) is 14.2 Å². The first-order valence-electron chi connectivity index (χ1n) is 11.4. The van der Waals surface area contributed by atoms with Crippen molar-refractivity contribution in [3.63, 3.8) is 0 Å². The number of halogens is 3. The number of nitrogens with zero attached hydrogens (tertiary/aromatic N) is 4. The number of carbonyl (C=O) groups is 1. The zero-order valence-corrected chi connectivity index (χ0v) is 20.5. The Bertz CT molecular complexity index is 1500. The van der Waals surface area contributed by atoms with Crippen molar-refractivity contribution in [1.82, 2.24) is 24.9 Å². The number of amides is 1. The first-order chi connectivity index (χ1) is 17.7. The maximum absolute atomic E-state index is 13.4. The number of hydrogen-bond acceptors (Lipinski definition) is 6. The Balaban J connectivity index is 1.67. The van der Waals surface area contributed by atoms with Crippen LogP contribution >= 0.6 is 0 Å². The highest BCUT2D eigenvalue weighted by Gasteiger charge is 2.40. The molecule has 1 N–H and O–H groups in total. The lowest BCUT2D eigenvalue weighted by Crippen LogP contribution is -2.28. The second-order valence-corrected chi connectivity index (χ2v) is 8.71. The van der Waals surface area contributed by atoms with Crippen LogP contribution in [0.4, 0.5) is 13.2 Å². The average Bonchev–Trinajstić information content (AvgIpc) is 3.21. The molecule has 12 heteroatoms. The topological polar surface area (TPSA) is 92.4 Å². The molecule has 2 aromatic heterocycles. The summed E-state index contributed by atoms with van der Waals surface area (Å²) in [6.45, 7) is -3.21. The van der Waals surface area contributed by atoms with E-state index in [4.69, 9.17) is 14.2 Å². The van der Waals surface area contributed by atoms with E-state index >= 15 is 0 Å². The van der Waals surface area contributed by atoms with Crippen molar-refractivity contribution in [2.24, 2.45) is 14.1 Å². The molecule has 0 radical (unpaired) electrons. The SMILES string of the molecule is COc1cc(-c2c3c(OC)cc(-c4cnn(C)c4)cc3nn2C)cc(OC(F)F)c1C(=O)N[C@@H]1C[C@@H]1F. The molecule has 2 heterocycles. The van der Waals surface area contributed by atoms with E-state index in [-0.39, 0.29) is 17.7 Å². The molecular formula is C25H24F3N5O4. The lowest BCUT2D eigenvalue weighted by atomic mass is 10.0. The Hall–Kier alpha value is -4.22. The Morgan fingerprint density at radius 2 is 1.73 bits per heavy atom. The fourth-order valence-electron chi connectivity index (χ4n) is 4.37. The van der Waals surface area contributed by atoms with Gasteiger partial charge in [0.05, 0.1) is 43.1 Å². The lowest BCUT2D eigenvalue weighted by molar-refractivity contribution is -0.0502. The Morgan fingerprint density at radius 3 is 2.32 bits per heavy atom. The average molecular weight is 515 g/mol. The third kappa shape index (κ3) is 4.54. The van der Waals surface area contributed by atoms with Gasteiger partial charge in [-0.1, -0.05) is 0 Å². The quantitative estimate of drug-likeness (QED) is 0.380. The van der Waals surface area contributed by atoms with Gasteiger partial charge in [-0.25, -0.2) is 4.39 Å². The summed E-state index contributed by atoms with van der Waals surface area (Å²) in [5.74, 6) is -0.683. The highest BCUT2D eigenvalue weighted by Crippen LogP contribution is 2.42. The molecule has 0 spiro atoms. The number of rotatable bonds is 8. The summed E-state index contributed by atoms with van der Waals surface area (Å²) < 4.78 is 59.2. The molecule has 194 valence electrons. The van der Waals surface area contributed by atoms with Crippen LogP contribution in [0.5, 0.6) is 17.2 Å². The summed E-state index contributed by atoms with van der Waals surface area (Å²) in [5.41, 5.74) is 2.97. The van der Waals surface area contributed by atoms with Crippen LogP contribution in [-0.2, 0) is 14.1 Å². The van der Waals surface area contributed by atoms with Crippen LogP contribution in [0.15, 0.2) is 36.7 Å². The maximum atomic E-state index is 13.4. The Kier molecular flexibility index (Phi) is 6.18. The Morgan fingerprint density at radius 1 is 1.05 bits per heavy atom. The first kappa shape index (κ1) is 24.5. The van der Waals surface area contributed by atoms with Crippen molar-refractivity contribution in [3.8, 4) is 39.6 Å². The molecule has 1 fully saturated rings. The molecule has 0 aliphatic heterocycles. The molecule has 4 aromatic rings. The van der Waals surface area contributed by atoms with Gasteiger partial charge in [0.2, 0.25) is 0 Å². The summed E-state index contributed by atoms with van der Waals surface area (Å²) in [6.07, 6.45) is 2.58. The zero-order valence-electron chi connectivity index (χ0n) is 20.5. The minimum Gasteiger partial charge on any atom is -0.496 e. The zero-order chi connectivity index (χ0) is 26.4. The highest BCUT2D eigenvalue weighted by molar-refractivity contribution is 6.04. The van der Waals surface area contributed by atoms with Gasteiger partial charge in [0, 0.05) is 37.8 Å². The van der Waals surface area contributed by atoms with E-state index in [9.17, 15) is 18.0 Å². The lowest BCUT2D eigenvalue weighted by Gasteiger charge is -2.17. The predicted molar refractivity (Wildman–Crippen MR) is 129 cm³/mol. The summed E-state index contributed by atoms with van der Waals surface area (Å²) in [5, 5.41) is 11.9. The van der Waals surface area contributed by atoms with Crippen molar-refractivity contribution in [2.45, 2.75) is 25.2 Å². The molecular weight excluding hydrogens is 491 g/mol. The van der Waals surface area contributed by atoms with Gasteiger partial charge in [0.25, 0.3) is 5.91 Å². The molecule has 1 amide bonds. The summed E-state index contributed by atoms with van der Waals surface area (Å²) >= 11 is 0. The molecule has 1 aliphatic rings. The number of carbonyl (C=O) groups excluding carboxylic acids is 1. The number of fused-ring (bicyclic) bond motifs is 1. The van der Waals surface area contributed by atoms with Crippen LogP contribution in [0, 0.1) is 0 Å². The Labute approximate surface area is 209 Å². The molecule has 1 aliphatic carbocycles. The third-order valence-electron chi connectivity index (χ3n) is 6.19. The molecule has 9 nitrogen and oxygen atoms in total. The number of methoxy groups -OCH3 is 2. The van der Waals surface area contributed by atoms with Crippen LogP contribution in [0.2, 0.25) is 0 Å². The smallest absolute Gasteiger partial charge is 0.387 e. The van der Waals surface area contributed by atoms with Gasteiger partial charge in [-0.05, 0) is 29.8 Å². The number of aryl methyl sites for hydroxylation is 2. The number of ether oxygens (including phenoxy) is 3. The van der Waals surface area contributed by atoms with Crippen LogP contribution in [-0.4, -0.2) is 58.5 Å². The van der Waals surface area contributed by atoms with Gasteiger partial charge in [0.1, 0.15) is 29.0 Å². The fourth-order valence-corrected chi connectivity index (χ4v) is 4.37. The number of hydrogen-bond donors (Lipinski definition) is 1. The third-order valence-corrected chi connectivity index (χ3v) is 6.19. The standard InChI is InChI=1S/C25H24F3N5O4/c1-32-11-14(10-29-32)12-5-17-21(18(6-12)35-3)23(33(2)31-17)13-7-19(36-4)22(20(8-13)37-25(27)28)24(34)30-16-9-15(16)26/h5-8,10-11,15-16,25H,9H2,1-4H3,(H,30,34)/t15-,16+/m0/s1. The molecule has 2 atom stereocenters. The predicted octanol–water partition coefficient (Wildman–Crippen LogP) is 4.10. The molecule has 0 saturated heterocycles. The number of aromatic nitrogens is 4. The first-order valence-corrected chi connectivity index (χ1v) is 11.4. The van der Waals surface area contributed by atoms with Gasteiger partial charge < -0.3 is 19.5 Å². The van der Waals surface area contributed by atoms with E-state index in [1.165, 1.54) is 26.4 Å². The van der Waals surface area contributed by atoms with Gasteiger partial charge in [0.15, 0.2) is 0 Å². The summed E-state index contributed by atoms with van der Waals surface area (Å²) in [7, 11) is 6.34.